The lowest BCUT2D eigenvalue weighted by Gasteiger charge is -2.30. The van der Waals surface area contributed by atoms with Crippen LogP contribution < -0.4 is 10.6 Å². The van der Waals surface area contributed by atoms with E-state index < -0.39 is 24.3 Å². The fraction of sp³-hybridized carbons (Fsp3) is 0.436. The molecule has 0 aliphatic carbocycles. The summed E-state index contributed by atoms with van der Waals surface area (Å²) < 4.78 is 4.75. The van der Waals surface area contributed by atoms with Crippen molar-refractivity contribution < 1.29 is 29.0 Å². The summed E-state index contributed by atoms with van der Waals surface area (Å²) in [5, 5.41) is 14.3. The Morgan fingerprint density at radius 2 is 1.07 bits per heavy atom. The van der Waals surface area contributed by atoms with Crippen LogP contribution in [0.4, 0.5) is 9.59 Å². The second-order valence-electron chi connectivity index (χ2n) is 14.4. The van der Waals surface area contributed by atoms with E-state index in [0.29, 0.717) is 18.9 Å². The fourth-order valence-corrected chi connectivity index (χ4v) is 7.32. The second-order valence-corrected chi connectivity index (χ2v) is 14.4. The number of methoxy groups -OCH3 is 1. The maximum atomic E-state index is 13.5. The number of carbonyl (C=O) groups is 4. The Balaban J connectivity index is 0.00000336. The van der Waals surface area contributed by atoms with Gasteiger partial charge in [0.2, 0.25) is 11.8 Å². The molecule has 2 aromatic heterocycles. The molecule has 4 atom stereocenters. The number of carbonyl (C=O) groups excluding carboxylic acids is 3. The molecule has 55 heavy (non-hydrogen) atoms. The summed E-state index contributed by atoms with van der Waals surface area (Å²) in [6.45, 7) is 8.59. The average molecular weight is 798 g/mol. The number of nitrogens with one attached hydrogen (secondary N) is 4. The quantitative estimate of drug-likeness (QED) is 0.108. The predicted octanol–water partition coefficient (Wildman–Crippen LogP) is 6.98. The summed E-state index contributed by atoms with van der Waals surface area (Å²) in [5.41, 5.74) is 5.70. The van der Waals surface area contributed by atoms with Crippen molar-refractivity contribution in [3.05, 3.63) is 72.6 Å². The molecule has 0 saturated carbocycles. The van der Waals surface area contributed by atoms with Crippen LogP contribution in [0.2, 0.25) is 0 Å². The van der Waals surface area contributed by atoms with E-state index in [-0.39, 0.29) is 60.5 Å². The van der Waals surface area contributed by atoms with Gasteiger partial charge in [-0.3, -0.25) is 9.59 Å². The zero-order chi connectivity index (χ0) is 37.8. The molecule has 4 amide bonds. The third kappa shape index (κ3) is 9.42. The minimum atomic E-state index is -1.21. The highest BCUT2D eigenvalue weighted by Crippen LogP contribution is 2.35. The van der Waals surface area contributed by atoms with Crippen LogP contribution in [0, 0.1) is 11.8 Å². The van der Waals surface area contributed by atoms with E-state index in [1.165, 1.54) is 7.11 Å². The molecular formula is C39H50Cl2N8O6. The van der Waals surface area contributed by atoms with Crippen LogP contribution in [-0.2, 0) is 14.3 Å². The van der Waals surface area contributed by atoms with Gasteiger partial charge >= 0.3 is 12.2 Å². The largest absolute Gasteiger partial charge is 0.465 e. The third-order valence-corrected chi connectivity index (χ3v) is 10.2. The number of amides is 4. The number of aromatic amines is 2. The van der Waals surface area contributed by atoms with Crippen molar-refractivity contribution in [3.63, 3.8) is 0 Å². The third-order valence-electron chi connectivity index (χ3n) is 10.2. The first kappa shape index (κ1) is 42.7. The molecule has 0 spiro atoms. The molecule has 0 radical (unpaired) electrons. The topological polar surface area (TPSA) is 186 Å². The molecule has 4 heterocycles. The summed E-state index contributed by atoms with van der Waals surface area (Å²) in [5.74, 6) is 0.737. The lowest BCUT2D eigenvalue weighted by Crippen LogP contribution is -2.51. The Bertz CT molecular complexity index is 1930. The maximum absolute atomic E-state index is 13.5. The van der Waals surface area contributed by atoms with E-state index in [1.54, 1.807) is 22.2 Å². The Kier molecular flexibility index (Phi) is 14.4. The number of ether oxygens (including phenoxy) is 1. The lowest BCUT2D eigenvalue weighted by molar-refractivity contribution is -0.136. The highest BCUT2D eigenvalue weighted by Gasteiger charge is 2.39. The first-order chi connectivity index (χ1) is 25.4. The molecule has 6 rings (SSSR count). The van der Waals surface area contributed by atoms with E-state index in [0.717, 1.165) is 65.1 Å². The number of alkyl carbamates (subject to hydrolysis) is 1. The molecule has 0 bridgehead atoms. The van der Waals surface area contributed by atoms with E-state index in [9.17, 15) is 24.3 Å². The zero-order valence-corrected chi connectivity index (χ0v) is 33.2. The molecule has 2 fully saturated rings. The first-order valence-corrected chi connectivity index (χ1v) is 18.2. The molecule has 5 N–H and O–H groups in total. The Morgan fingerprint density at radius 3 is 1.44 bits per heavy atom. The molecule has 14 nitrogen and oxygen atoms in total. The van der Waals surface area contributed by atoms with Gasteiger partial charge in [0, 0.05) is 13.1 Å². The fourth-order valence-electron chi connectivity index (χ4n) is 7.32. The van der Waals surface area contributed by atoms with Gasteiger partial charge < -0.3 is 40.2 Å². The minimum Gasteiger partial charge on any atom is -0.465 e. The molecule has 16 heteroatoms. The highest BCUT2D eigenvalue weighted by atomic mass is 35.5. The number of nitrogens with zero attached hydrogens (tertiary/aromatic N) is 4. The number of carboxylic acid groups (broad SMARTS) is 1. The second kappa shape index (κ2) is 18.5. The van der Waals surface area contributed by atoms with Crippen LogP contribution >= 0.6 is 24.8 Å². The summed E-state index contributed by atoms with van der Waals surface area (Å²) in [6.07, 6.45) is 4.91. The number of H-pyrrole nitrogens is 2. The van der Waals surface area contributed by atoms with E-state index in [4.69, 9.17) is 4.74 Å². The predicted molar refractivity (Wildman–Crippen MR) is 213 cm³/mol. The number of imidazole rings is 2. The van der Waals surface area contributed by atoms with Crippen LogP contribution in [0.3, 0.4) is 0 Å². The Labute approximate surface area is 333 Å². The number of likely N-dealkylation sites (tertiary alicyclic amines) is 2. The Morgan fingerprint density at radius 1 is 0.691 bits per heavy atom. The van der Waals surface area contributed by atoms with E-state index in [2.05, 4.69) is 54.8 Å². The molecule has 2 aliphatic heterocycles. The number of hydrogen-bond acceptors (Lipinski definition) is 7. The van der Waals surface area contributed by atoms with Crippen molar-refractivity contribution in [2.24, 2.45) is 11.8 Å². The first-order valence-electron chi connectivity index (χ1n) is 18.2. The van der Waals surface area contributed by atoms with Gasteiger partial charge in [-0.15, -0.1) is 24.8 Å². The van der Waals surface area contributed by atoms with Crippen LogP contribution in [0.15, 0.2) is 60.9 Å². The van der Waals surface area contributed by atoms with Gasteiger partial charge in [0.25, 0.3) is 0 Å². The van der Waals surface area contributed by atoms with Crippen LogP contribution in [0.1, 0.15) is 77.1 Å². The van der Waals surface area contributed by atoms with Crippen molar-refractivity contribution in [1.82, 2.24) is 40.4 Å². The average Bonchev–Trinajstić information content (AvgIpc) is 3.98. The molecular weight excluding hydrogens is 747 g/mol. The normalized spacial score (nSPS) is 17.7. The smallest absolute Gasteiger partial charge is 0.407 e. The van der Waals surface area contributed by atoms with Crippen molar-refractivity contribution in [2.75, 3.05) is 20.2 Å². The molecule has 2 aromatic carbocycles. The molecule has 1 unspecified atom stereocenters. The van der Waals surface area contributed by atoms with Gasteiger partial charge in [-0.25, -0.2) is 19.6 Å². The minimum absolute atomic E-state index is 0. The van der Waals surface area contributed by atoms with E-state index in [1.807, 2.05) is 52.0 Å². The van der Waals surface area contributed by atoms with Gasteiger partial charge in [0.15, 0.2) is 0 Å². The molecule has 4 aromatic rings. The SMILES string of the molecule is COC(=O)N[C@H](C(=O)N1CCCC1c1ncc(-c2ccc(-c3ccc(-c4cnc([C@@H]5CCCN5C(=O)[C@@H](NC(=O)O)C(C)C)[nH]4)cc3)cc2)[nH]1)C(C)C.Cl.Cl. The summed E-state index contributed by atoms with van der Waals surface area (Å²) >= 11 is 0. The summed E-state index contributed by atoms with van der Waals surface area (Å²) in [4.78, 5) is 69.8. The van der Waals surface area contributed by atoms with Gasteiger partial charge in [0.1, 0.15) is 23.7 Å². The van der Waals surface area contributed by atoms with Crippen molar-refractivity contribution in [1.29, 1.82) is 0 Å². The standard InChI is InChI=1S/C39H48N8O6.2ClH/c1-22(2)32(44-38(50)51)36(48)46-18-6-8-30(46)34-40-20-28(42-34)26-14-10-24(11-15-26)25-12-16-27(17-13-25)29-21-41-35(43-29)31-9-7-19-47(31)37(49)33(23(3)4)45-39(52)53-5;;/h10-17,20-23,30-33,44H,6-9,18-19H2,1-5H3,(H,40,42)(H,41,43)(H,45,52)(H,50,51);2*1H/t30-,31?,32-,33-;;/m0../s1. The molecule has 2 saturated heterocycles. The monoisotopic (exact) mass is 796 g/mol. The molecule has 2 aliphatic rings. The number of benzene rings is 2. The maximum Gasteiger partial charge on any atom is 0.407 e. The number of hydrogen-bond donors (Lipinski definition) is 5. The van der Waals surface area contributed by atoms with E-state index >= 15 is 0 Å². The van der Waals surface area contributed by atoms with Gasteiger partial charge in [-0.05, 0) is 59.8 Å². The van der Waals surface area contributed by atoms with Crippen LogP contribution in [0.25, 0.3) is 33.6 Å². The van der Waals surface area contributed by atoms with Crippen molar-refractivity contribution >= 4 is 48.8 Å². The van der Waals surface area contributed by atoms with Crippen molar-refractivity contribution in [3.8, 4) is 33.6 Å². The Hall–Kier alpha value is -5.08. The molecule has 296 valence electrons. The summed E-state index contributed by atoms with van der Waals surface area (Å²) in [7, 11) is 1.29. The van der Waals surface area contributed by atoms with Crippen molar-refractivity contribution in [2.45, 2.75) is 77.5 Å². The van der Waals surface area contributed by atoms with Crippen LogP contribution in [0.5, 0.6) is 0 Å². The van der Waals surface area contributed by atoms with Gasteiger partial charge in [-0.2, -0.15) is 0 Å². The zero-order valence-electron chi connectivity index (χ0n) is 31.6. The number of halogens is 2. The summed E-state index contributed by atoms with van der Waals surface area (Å²) in [6, 6.07) is 14.4. The number of rotatable bonds is 11. The number of aromatic nitrogens is 4. The lowest BCUT2D eigenvalue weighted by atomic mass is 10.0. The van der Waals surface area contributed by atoms with Gasteiger partial charge in [-0.1, -0.05) is 76.2 Å². The highest BCUT2D eigenvalue weighted by molar-refractivity contribution is 5.87. The van der Waals surface area contributed by atoms with Gasteiger partial charge in [0.05, 0.1) is 43.0 Å². The van der Waals surface area contributed by atoms with Crippen LogP contribution in [-0.4, -0.2) is 91.1 Å².